The third-order valence-electron chi connectivity index (χ3n) is 1.65. The standard InChI is InChI=1S/C7H13NO/c1-2-7-6(8)4-3-5-9-7/h2,6-7H,1,3-5,8H2/t6-,7+/m0/s1. The second kappa shape index (κ2) is 2.99. The fourth-order valence-electron chi connectivity index (χ4n) is 1.07. The van der Waals surface area contributed by atoms with Gasteiger partial charge in [-0.1, -0.05) is 6.08 Å². The highest BCUT2D eigenvalue weighted by atomic mass is 16.5. The predicted molar refractivity (Wildman–Crippen MR) is 37.1 cm³/mol. The van der Waals surface area contributed by atoms with Gasteiger partial charge in [0.15, 0.2) is 0 Å². The summed E-state index contributed by atoms with van der Waals surface area (Å²) in [5.41, 5.74) is 5.69. The van der Waals surface area contributed by atoms with Crippen LogP contribution in [0.5, 0.6) is 0 Å². The van der Waals surface area contributed by atoms with Crippen molar-refractivity contribution >= 4 is 0 Å². The summed E-state index contributed by atoms with van der Waals surface area (Å²) in [5.74, 6) is 0. The molecule has 0 aliphatic carbocycles. The van der Waals surface area contributed by atoms with Crippen LogP contribution < -0.4 is 5.73 Å². The van der Waals surface area contributed by atoms with Gasteiger partial charge in [0.2, 0.25) is 0 Å². The molecular weight excluding hydrogens is 114 g/mol. The lowest BCUT2D eigenvalue weighted by atomic mass is 10.0. The molecular formula is C7H13NO. The fraction of sp³-hybridized carbons (Fsp3) is 0.714. The second-order valence-electron chi connectivity index (χ2n) is 2.38. The van der Waals surface area contributed by atoms with Crippen LogP contribution in [0.2, 0.25) is 0 Å². The van der Waals surface area contributed by atoms with E-state index >= 15 is 0 Å². The zero-order valence-electron chi connectivity index (χ0n) is 5.55. The molecule has 9 heavy (non-hydrogen) atoms. The van der Waals surface area contributed by atoms with E-state index in [0.29, 0.717) is 0 Å². The SMILES string of the molecule is C=C[C@H]1OCCC[C@@H]1N. The third-order valence-corrected chi connectivity index (χ3v) is 1.65. The number of rotatable bonds is 1. The first-order valence-corrected chi connectivity index (χ1v) is 3.34. The van der Waals surface area contributed by atoms with Gasteiger partial charge in [-0.3, -0.25) is 0 Å². The van der Waals surface area contributed by atoms with Crippen LogP contribution in [-0.4, -0.2) is 18.8 Å². The van der Waals surface area contributed by atoms with Crippen LogP contribution in [0.3, 0.4) is 0 Å². The van der Waals surface area contributed by atoms with Crippen molar-refractivity contribution in [3.8, 4) is 0 Å². The summed E-state index contributed by atoms with van der Waals surface area (Å²) >= 11 is 0. The van der Waals surface area contributed by atoms with Crippen LogP contribution in [0, 0.1) is 0 Å². The van der Waals surface area contributed by atoms with E-state index in [0.717, 1.165) is 19.4 Å². The van der Waals surface area contributed by atoms with E-state index in [1.54, 1.807) is 6.08 Å². The predicted octanol–water partition coefficient (Wildman–Crippen LogP) is 0.679. The Bertz CT molecular complexity index is 103. The molecule has 0 bridgehead atoms. The molecule has 0 aromatic rings. The van der Waals surface area contributed by atoms with Gasteiger partial charge in [0, 0.05) is 12.6 Å². The molecule has 2 heteroatoms. The van der Waals surface area contributed by atoms with Crippen molar-refractivity contribution in [1.82, 2.24) is 0 Å². The van der Waals surface area contributed by atoms with E-state index < -0.39 is 0 Å². The van der Waals surface area contributed by atoms with Gasteiger partial charge in [0.05, 0.1) is 6.10 Å². The van der Waals surface area contributed by atoms with Crippen LogP contribution in [0.15, 0.2) is 12.7 Å². The third kappa shape index (κ3) is 1.53. The van der Waals surface area contributed by atoms with Gasteiger partial charge in [-0.15, -0.1) is 6.58 Å². The van der Waals surface area contributed by atoms with Crippen molar-refractivity contribution in [2.75, 3.05) is 6.61 Å². The molecule has 52 valence electrons. The average Bonchev–Trinajstić information content (AvgIpc) is 1.89. The first-order chi connectivity index (χ1) is 4.34. The molecule has 1 aliphatic heterocycles. The van der Waals surface area contributed by atoms with Crippen molar-refractivity contribution in [2.24, 2.45) is 5.73 Å². The Hall–Kier alpha value is -0.340. The molecule has 1 rings (SSSR count). The Morgan fingerprint density at radius 2 is 2.44 bits per heavy atom. The van der Waals surface area contributed by atoms with Crippen LogP contribution in [0.4, 0.5) is 0 Å². The molecule has 0 amide bonds. The van der Waals surface area contributed by atoms with Gasteiger partial charge < -0.3 is 10.5 Å². The molecule has 0 aromatic carbocycles. The normalized spacial score (nSPS) is 36.1. The first kappa shape index (κ1) is 6.78. The lowest BCUT2D eigenvalue weighted by molar-refractivity contribution is 0.0320. The molecule has 1 heterocycles. The van der Waals surface area contributed by atoms with Crippen LogP contribution in [0.25, 0.3) is 0 Å². The van der Waals surface area contributed by atoms with Gasteiger partial charge in [-0.25, -0.2) is 0 Å². The molecule has 2 atom stereocenters. The Kier molecular flexibility index (Phi) is 2.25. The Labute approximate surface area is 55.7 Å². The number of ether oxygens (including phenoxy) is 1. The Morgan fingerprint density at radius 3 is 2.89 bits per heavy atom. The van der Waals surface area contributed by atoms with Gasteiger partial charge >= 0.3 is 0 Å². The average molecular weight is 127 g/mol. The molecule has 1 aliphatic rings. The van der Waals surface area contributed by atoms with Gasteiger partial charge in [0.25, 0.3) is 0 Å². The maximum absolute atomic E-state index is 5.69. The fourth-order valence-corrected chi connectivity index (χ4v) is 1.07. The lowest BCUT2D eigenvalue weighted by Gasteiger charge is -2.25. The van der Waals surface area contributed by atoms with Gasteiger partial charge in [-0.05, 0) is 12.8 Å². The molecule has 0 radical (unpaired) electrons. The second-order valence-corrected chi connectivity index (χ2v) is 2.38. The molecule has 0 saturated carbocycles. The summed E-state index contributed by atoms with van der Waals surface area (Å²) in [4.78, 5) is 0. The number of nitrogens with two attached hydrogens (primary N) is 1. The van der Waals surface area contributed by atoms with Crippen molar-refractivity contribution < 1.29 is 4.74 Å². The van der Waals surface area contributed by atoms with Crippen molar-refractivity contribution in [1.29, 1.82) is 0 Å². The topological polar surface area (TPSA) is 35.2 Å². The van der Waals surface area contributed by atoms with E-state index in [9.17, 15) is 0 Å². The van der Waals surface area contributed by atoms with Crippen molar-refractivity contribution in [2.45, 2.75) is 25.0 Å². The van der Waals surface area contributed by atoms with E-state index in [4.69, 9.17) is 10.5 Å². The summed E-state index contributed by atoms with van der Waals surface area (Å²) < 4.78 is 5.30. The minimum Gasteiger partial charge on any atom is -0.373 e. The van der Waals surface area contributed by atoms with Gasteiger partial charge in [-0.2, -0.15) is 0 Å². The molecule has 1 fully saturated rings. The van der Waals surface area contributed by atoms with Crippen molar-refractivity contribution in [3.05, 3.63) is 12.7 Å². The minimum absolute atomic E-state index is 0.0961. The molecule has 1 saturated heterocycles. The number of hydrogen-bond acceptors (Lipinski definition) is 2. The van der Waals surface area contributed by atoms with E-state index in [1.807, 2.05) is 0 Å². The van der Waals surface area contributed by atoms with Crippen LogP contribution in [-0.2, 0) is 4.74 Å². The molecule has 2 nitrogen and oxygen atoms in total. The summed E-state index contributed by atoms with van der Waals surface area (Å²) in [7, 11) is 0. The Morgan fingerprint density at radius 1 is 1.67 bits per heavy atom. The summed E-state index contributed by atoms with van der Waals surface area (Å²) in [6.45, 7) is 4.47. The molecule has 0 aromatic heterocycles. The van der Waals surface area contributed by atoms with E-state index in [-0.39, 0.29) is 12.1 Å². The quantitative estimate of drug-likeness (QED) is 0.526. The molecule has 0 unspecified atom stereocenters. The minimum atomic E-state index is 0.0961. The number of hydrogen-bond donors (Lipinski definition) is 1. The highest BCUT2D eigenvalue weighted by Gasteiger charge is 2.18. The lowest BCUT2D eigenvalue weighted by Crippen LogP contribution is -2.39. The highest BCUT2D eigenvalue weighted by molar-refractivity contribution is 4.90. The monoisotopic (exact) mass is 127 g/mol. The largest absolute Gasteiger partial charge is 0.373 e. The van der Waals surface area contributed by atoms with E-state index in [2.05, 4.69) is 6.58 Å². The summed E-state index contributed by atoms with van der Waals surface area (Å²) in [5, 5.41) is 0. The smallest absolute Gasteiger partial charge is 0.0904 e. The van der Waals surface area contributed by atoms with Gasteiger partial charge in [0.1, 0.15) is 0 Å². The van der Waals surface area contributed by atoms with Crippen LogP contribution in [0.1, 0.15) is 12.8 Å². The molecule has 0 spiro atoms. The maximum atomic E-state index is 5.69. The Balaban J connectivity index is 2.38. The first-order valence-electron chi connectivity index (χ1n) is 3.34. The summed E-state index contributed by atoms with van der Waals surface area (Å²) in [6, 6.07) is 0.177. The maximum Gasteiger partial charge on any atom is 0.0904 e. The zero-order chi connectivity index (χ0) is 6.69. The van der Waals surface area contributed by atoms with Crippen molar-refractivity contribution in [3.63, 3.8) is 0 Å². The highest BCUT2D eigenvalue weighted by Crippen LogP contribution is 2.11. The summed E-state index contributed by atoms with van der Waals surface area (Å²) in [6.07, 6.45) is 4.03. The van der Waals surface area contributed by atoms with Crippen LogP contribution >= 0.6 is 0 Å². The van der Waals surface area contributed by atoms with E-state index in [1.165, 1.54) is 0 Å². The molecule has 2 N–H and O–H groups in total. The zero-order valence-corrected chi connectivity index (χ0v) is 5.55.